The summed E-state index contributed by atoms with van der Waals surface area (Å²) in [5.41, 5.74) is -0.527. The molecule has 0 saturated heterocycles. The van der Waals surface area contributed by atoms with E-state index in [1.807, 2.05) is 6.92 Å². The van der Waals surface area contributed by atoms with Crippen molar-refractivity contribution in [3.05, 3.63) is 26.6 Å². The molecule has 1 fully saturated rings. The molecular weight excluding hydrogens is 324 g/mol. The van der Waals surface area contributed by atoms with Gasteiger partial charge >= 0.3 is 11.2 Å². The van der Waals surface area contributed by atoms with Crippen molar-refractivity contribution >= 4 is 11.6 Å². The second-order valence-corrected chi connectivity index (χ2v) is 6.97. The molecule has 2 aliphatic rings. The molecule has 1 aliphatic carbocycles. The van der Waals surface area contributed by atoms with Gasteiger partial charge in [-0.1, -0.05) is 18.5 Å². The van der Waals surface area contributed by atoms with Crippen LogP contribution in [0.4, 0.5) is 0 Å². The van der Waals surface area contributed by atoms with E-state index < -0.39 is 11.2 Å². The number of aromatic nitrogens is 2. The molecule has 8 heteroatoms. The van der Waals surface area contributed by atoms with Crippen LogP contribution in [0.5, 0.6) is 0 Å². The van der Waals surface area contributed by atoms with E-state index in [0.29, 0.717) is 18.8 Å². The lowest BCUT2D eigenvalue weighted by molar-refractivity contribution is -0.124. The van der Waals surface area contributed by atoms with E-state index in [2.05, 4.69) is 15.0 Å². The van der Waals surface area contributed by atoms with Crippen molar-refractivity contribution in [1.82, 2.24) is 15.0 Å². The maximum absolute atomic E-state index is 12.3. The lowest BCUT2D eigenvalue weighted by atomic mass is 9.88. The minimum atomic E-state index is -0.958. The molecule has 1 aromatic heterocycles. The Hall–Kier alpha value is -2.25. The fraction of sp³-hybridized carbons (Fsp3) is 0.706. The summed E-state index contributed by atoms with van der Waals surface area (Å²) < 4.78 is 5.73. The van der Waals surface area contributed by atoms with Gasteiger partial charge in [0.15, 0.2) is 0 Å². The Kier molecular flexibility index (Phi) is 5.15. The molecule has 0 aromatic carbocycles. The van der Waals surface area contributed by atoms with Gasteiger partial charge in [-0.05, 0) is 44.9 Å². The molecular formula is C17H24N4O4. The highest BCUT2D eigenvalue weighted by Gasteiger charge is 2.34. The van der Waals surface area contributed by atoms with Gasteiger partial charge in [0.2, 0.25) is 5.91 Å². The molecule has 0 spiro atoms. The number of hydrogen-bond acceptors (Lipinski definition) is 6. The number of nitrogens with one attached hydrogen (secondary N) is 1. The Morgan fingerprint density at radius 2 is 2.12 bits per heavy atom. The normalized spacial score (nSPS) is 24.2. The Morgan fingerprint density at radius 1 is 1.32 bits per heavy atom. The van der Waals surface area contributed by atoms with E-state index >= 15 is 0 Å². The third-order valence-electron chi connectivity index (χ3n) is 5.12. The molecule has 25 heavy (non-hydrogen) atoms. The quantitative estimate of drug-likeness (QED) is 0.792. The van der Waals surface area contributed by atoms with E-state index in [0.717, 1.165) is 37.8 Å². The summed E-state index contributed by atoms with van der Waals surface area (Å²) in [5, 5.41) is 6.67. The Morgan fingerprint density at radius 3 is 2.92 bits per heavy atom. The zero-order valence-corrected chi connectivity index (χ0v) is 14.7. The number of aliphatic imine (C=N–C) groups is 1. The van der Waals surface area contributed by atoms with Gasteiger partial charge in [0, 0.05) is 12.3 Å². The smallest absolute Gasteiger partial charge is 0.346 e. The highest BCUT2D eigenvalue weighted by Crippen LogP contribution is 2.24. The second kappa shape index (κ2) is 7.33. The van der Waals surface area contributed by atoms with E-state index in [1.54, 1.807) is 6.92 Å². The predicted octanol–water partition coefficient (Wildman–Crippen LogP) is 0.803. The first kappa shape index (κ1) is 17.6. The first-order valence-corrected chi connectivity index (χ1v) is 8.91. The van der Waals surface area contributed by atoms with Crippen molar-refractivity contribution in [3.63, 3.8) is 0 Å². The van der Waals surface area contributed by atoms with E-state index in [1.165, 1.54) is 4.57 Å². The summed E-state index contributed by atoms with van der Waals surface area (Å²) in [7, 11) is 0. The number of amides is 1. The predicted molar refractivity (Wildman–Crippen MR) is 91.8 cm³/mol. The summed E-state index contributed by atoms with van der Waals surface area (Å²) >= 11 is 0. The van der Waals surface area contributed by atoms with Crippen LogP contribution in [0.15, 0.2) is 19.1 Å². The van der Waals surface area contributed by atoms with Crippen molar-refractivity contribution in [2.45, 2.75) is 71.0 Å². The van der Waals surface area contributed by atoms with Crippen LogP contribution >= 0.6 is 0 Å². The zero-order valence-electron chi connectivity index (χ0n) is 14.7. The van der Waals surface area contributed by atoms with Crippen molar-refractivity contribution in [2.75, 3.05) is 0 Å². The van der Waals surface area contributed by atoms with Crippen LogP contribution in [0.2, 0.25) is 0 Å². The first-order valence-electron chi connectivity index (χ1n) is 8.91. The fourth-order valence-corrected chi connectivity index (χ4v) is 3.63. The molecule has 1 amide bonds. The van der Waals surface area contributed by atoms with Crippen LogP contribution in [0.25, 0.3) is 0 Å². The van der Waals surface area contributed by atoms with E-state index in [9.17, 15) is 14.4 Å². The molecule has 3 rings (SSSR count). The largest absolute Gasteiger partial charge is 0.423 e. The van der Waals surface area contributed by atoms with Crippen LogP contribution in [0.1, 0.15) is 51.3 Å². The maximum atomic E-state index is 12.3. The first-order chi connectivity index (χ1) is 12.0. The lowest BCUT2D eigenvalue weighted by Gasteiger charge is -2.33. The van der Waals surface area contributed by atoms with Crippen molar-refractivity contribution < 1.29 is 9.32 Å². The summed E-state index contributed by atoms with van der Waals surface area (Å²) in [6.07, 6.45) is 5.61. The Balaban J connectivity index is 1.62. The highest BCUT2D eigenvalue weighted by atomic mass is 16.5. The number of aryl methyl sites for hydroxylation is 1. The molecule has 136 valence electrons. The Bertz CT molecular complexity index is 795. The molecule has 3 atom stereocenters. The van der Waals surface area contributed by atoms with Gasteiger partial charge in [0.05, 0.1) is 6.04 Å². The number of rotatable bonds is 5. The fourth-order valence-electron chi connectivity index (χ4n) is 3.63. The van der Waals surface area contributed by atoms with Gasteiger partial charge in [0.25, 0.3) is 0 Å². The van der Waals surface area contributed by atoms with Gasteiger partial charge in [-0.15, -0.1) is 0 Å². The molecule has 0 radical (unpaired) electrons. The van der Waals surface area contributed by atoms with Crippen LogP contribution in [0.3, 0.4) is 0 Å². The summed E-state index contributed by atoms with van der Waals surface area (Å²) in [5.74, 6) is 0.441. The number of fused-ring (bicyclic) bond motifs is 1. The van der Waals surface area contributed by atoms with Gasteiger partial charge in [0.1, 0.15) is 11.9 Å². The molecule has 1 saturated carbocycles. The number of carbonyl (C=O) groups is 1. The van der Waals surface area contributed by atoms with E-state index in [4.69, 9.17) is 4.99 Å². The van der Waals surface area contributed by atoms with Gasteiger partial charge in [-0.3, -0.25) is 19.1 Å². The lowest BCUT2D eigenvalue weighted by Crippen LogP contribution is -2.52. The standard InChI is InChI=1S/C17H24N4O4/c1-10(6-5-9-21-11(2)20-25-17(24)16(21)23)14-15(22)19-13-8-4-3-7-12(13)18-14/h10,13-14H,3-9H2,1-2H3,(H,19,22)/t10?,13?,14-/m0/s1. The molecule has 1 aromatic rings. The van der Waals surface area contributed by atoms with Gasteiger partial charge in [-0.25, -0.2) is 4.79 Å². The van der Waals surface area contributed by atoms with Crippen molar-refractivity contribution in [2.24, 2.45) is 10.9 Å². The molecule has 1 aliphatic heterocycles. The van der Waals surface area contributed by atoms with Crippen LogP contribution in [0, 0.1) is 12.8 Å². The zero-order chi connectivity index (χ0) is 18.0. The monoisotopic (exact) mass is 348 g/mol. The number of carbonyl (C=O) groups excluding carboxylic acids is 1. The molecule has 8 nitrogen and oxygen atoms in total. The summed E-state index contributed by atoms with van der Waals surface area (Å²) in [6.45, 7) is 4.00. The molecule has 1 N–H and O–H groups in total. The molecule has 2 unspecified atom stereocenters. The average molecular weight is 348 g/mol. The topological polar surface area (TPSA) is 107 Å². The van der Waals surface area contributed by atoms with Crippen molar-refractivity contribution in [1.29, 1.82) is 0 Å². The minimum Gasteiger partial charge on any atom is -0.346 e. The SMILES string of the molecule is Cc1noc(=O)c(=O)n1CCCC(C)[C@@H]1N=C2CCCCC2NC1=O. The van der Waals surface area contributed by atoms with Crippen LogP contribution in [-0.4, -0.2) is 33.4 Å². The summed E-state index contributed by atoms with van der Waals surface area (Å²) in [6, 6.07) is -0.235. The summed E-state index contributed by atoms with van der Waals surface area (Å²) in [4.78, 5) is 40.1. The Labute approximate surface area is 145 Å². The van der Waals surface area contributed by atoms with Gasteiger partial charge < -0.3 is 9.84 Å². The average Bonchev–Trinajstić information content (AvgIpc) is 2.60. The number of hydrogen-bond donors (Lipinski definition) is 1. The van der Waals surface area contributed by atoms with Crippen molar-refractivity contribution in [3.8, 4) is 0 Å². The highest BCUT2D eigenvalue weighted by molar-refractivity contribution is 5.99. The third kappa shape index (κ3) is 3.72. The maximum Gasteiger partial charge on any atom is 0.423 e. The molecule has 2 heterocycles. The third-order valence-corrected chi connectivity index (χ3v) is 5.12. The number of nitrogens with zero attached hydrogens (tertiary/aromatic N) is 3. The molecule has 0 bridgehead atoms. The van der Waals surface area contributed by atoms with Crippen LogP contribution in [-0.2, 0) is 11.3 Å². The minimum absolute atomic E-state index is 0.00137. The van der Waals surface area contributed by atoms with Crippen LogP contribution < -0.4 is 16.5 Å². The van der Waals surface area contributed by atoms with Gasteiger partial charge in [-0.2, -0.15) is 0 Å². The second-order valence-electron chi connectivity index (χ2n) is 6.97. The van der Waals surface area contributed by atoms with E-state index in [-0.39, 0.29) is 23.9 Å².